The third kappa shape index (κ3) is 4.27. The highest BCUT2D eigenvalue weighted by molar-refractivity contribution is 5.95. The molecule has 0 saturated heterocycles. The Balaban J connectivity index is 1.61. The van der Waals surface area contributed by atoms with Crippen LogP contribution in [0.15, 0.2) is 84.0 Å². The molecule has 0 radical (unpaired) electrons. The predicted octanol–water partition coefficient (Wildman–Crippen LogP) is 3.92. The average Bonchev–Trinajstić information content (AvgIpc) is 2.69. The first-order chi connectivity index (χ1) is 12.6. The summed E-state index contributed by atoms with van der Waals surface area (Å²) in [5.41, 5.74) is 5.94. The molecule has 0 aliphatic rings. The van der Waals surface area contributed by atoms with Crippen molar-refractivity contribution in [3.05, 3.63) is 90.0 Å². The SMILES string of the molecule is CN(c1ccccc1)c1ccc(C=NNC(=O)c2ccc(O)cc2)cc1. The molecule has 3 aromatic carbocycles. The third-order valence-corrected chi connectivity index (χ3v) is 3.93. The van der Waals surface area contributed by atoms with E-state index in [-0.39, 0.29) is 11.7 Å². The Morgan fingerprint density at radius 1 is 0.923 bits per heavy atom. The van der Waals surface area contributed by atoms with Crippen LogP contribution in [0.3, 0.4) is 0 Å². The Morgan fingerprint density at radius 2 is 1.54 bits per heavy atom. The molecular weight excluding hydrogens is 326 g/mol. The quantitative estimate of drug-likeness (QED) is 0.544. The average molecular weight is 345 g/mol. The minimum atomic E-state index is -0.332. The summed E-state index contributed by atoms with van der Waals surface area (Å²) in [5, 5.41) is 13.2. The van der Waals surface area contributed by atoms with E-state index in [0.717, 1.165) is 16.9 Å². The topological polar surface area (TPSA) is 64.9 Å². The number of aromatic hydroxyl groups is 1. The number of hydrogen-bond acceptors (Lipinski definition) is 4. The molecule has 5 heteroatoms. The second kappa shape index (κ2) is 7.98. The number of hydrogen-bond donors (Lipinski definition) is 2. The first kappa shape index (κ1) is 17.2. The second-order valence-electron chi connectivity index (χ2n) is 5.73. The Bertz CT molecular complexity index is 889. The van der Waals surface area contributed by atoms with Gasteiger partial charge in [0.1, 0.15) is 5.75 Å². The Labute approximate surface area is 152 Å². The molecule has 5 nitrogen and oxygen atoms in total. The van der Waals surface area contributed by atoms with Crippen molar-refractivity contribution in [1.29, 1.82) is 0 Å². The number of phenols is 1. The van der Waals surface area contributed by atoms with E-state index in [9.17, 15) is 9.90 Å². The summed E-state index contributed by atoms with van der Waals surface area (Å²) >= 11 is 0. The number of para-hydroxylation sites is 1. The fourth-order valence-corrected chi connectivity index (χ4v) is 2.43. The molecule has 0 fully saturated rings. The molecule has 3 aromatic rings. The van der Waals surface area contributed by atoms with Crippen LogP contribution in [0.2, 0.25) is 0 Å². The van der Waals surface area contributed by atoms with Crippen molar-refractivity contribution < 1.29 is 9.90 Å². The second-order valence-corrected chi connectivity index (χ2v) is 5.73. The highest BCUT2D eigenvalue weighted by Gasteiger charge is 2.04. The van der Waals surface area contributed by atoms with Gasteiger partial charge in [-0.15, -0.1) is 0 Å². The van der Waals surface area contributed by atoms with Crippen molar-refractivity contribution in [2.45, 2.75) is 0 Å². The number of nitrogens with one attached hydrogen (secondary N) is 1. The molecule has 1 amide bonds. The first-order valence-corrected chi connectivity index (χ1v) is 8.15. The number of phenolic OH excluding ortho intramolecular Hbond substituents is 1. The summed E-state index contributed by atoms with van der Waals surface area (Å²) in [6.07, 6.45) is 1.59. The number of hydrazone groups is 1. The Morgan fingerprint density at radius 3 is 2.19 bits per heavy atom. The first-order valence-electron chi connectivity index (χ1n) is 8.15. The Kier molecular flexibility index (Phi) is 5.29. The smallest absolute Gasteiger partial charge is 0.271 e. The van der Waals surface area contributed by atoms with Gasteiger partial charge < -0.3 is 10.0 Å². The van der Waals surface area contributed by atoms with Gasteiger partial charge in [0.25, 0.3) is 5.91 Å². The lowest BCUT2D eigenvalue weighted by molar-refractivity contribution is 0.0955. The van der Waals surface area contributed by atoms with E-state index < -0.39 is 0 Å². The van der Waals surface area contributed by atoms with Crippen LogP contribution in [0.25, 0.3) is 0 Å². The van der Waals surface area contributed by atoms with E-state index in [0.29, 0.717) is 5.56 Å². The van der Waals surface area contributed by atoms with Gasteiger partial charge >= 0.3 is 0 Å². The summed E-state index contributed by atoms with van der Waals surface area (Å²) in [5.74, 6) is -0.215. The molecule has 0 aliphatic carbocycles. The summed E-state index contributed by atoms with van der Waals surface area (Å²) in [6, 6.07) is 23.9. The van der Waals surface area contributed by atoms with Crippen LogP contribution in [0.5, 0.6) is 5.75 Å². The maximum Gasteiger partial charge on any atom is 0.271 e. The van der Waals surface area contributed by atoms with Crippen molar-refractivity contribution in [3.8, 4) is 5.75 Å². The van der Waals surface area contributed by atoms with Crippen LogP contribution >= 0.6 is 0 Å². The minimum Gasteiger partial charge on any atom is -0.508 e. The van der Waals surface area contributed by atoms with Crippen molar-refractivity contribution in [2.75, 3.05) is 11.9 Å². The van der Waals surface area contributed by atoms with E-state index in [2.05, 4.69) is 15.4 Å². The molecule has 0 unspecified atom stereocenters. The van der Waals surface area contributed by atoms with Crippen LogP contribution in [0.1, 0.15) is 15.9 Å². The molecule has 0 heterocycles. The van der Waals surface area contributed by atoms with Gasteiger partial charge in [-0.05, 0) is 54.1 Å². The van der Waals surface area contributed by atoms with Gasteiger partial charge in [-0.2, -0.15) is 5.10 Å². The highest BCUT2D eigenvalue weighted by Crippen LogP contribution is 2.22. The Hall–Kier alpha value is -3.60. The van der Waals surface area contributed by atoms with Gasteiger partial charge in [-0.1, -0.05) is 30.3 Å². The zero-order valence-electron chi connectivity index (χ0n) is 14.3. The van der Waals surface area contributed by atoms with Crippen LogP contribution in [-0.2, 0) is 0 Å². The monoisotopic (exact) mass is 345 g/mol. The minimum absolute atomic E-state index is 0.116. The van der Waals surface area contributed by atoms with Gasteiger partial charge in [0.15, 0.2) is 0 Å². The summed E-state index contributed by atoms with van der Waals surface area (Å²) < 4.78 is 0. The summed E-state index contributed by atoms with van der Waals surface area (Å²) in [4.78, 5) is 14.0. The molecule has 3 rings (SSSR count). The number of rotatable bonds is 5. The van der Waals surface area contributed by atoms with E-state index in [4.69, 9.17) is 0 Å². The van der Waals surface area contributed by atoms with E-state index in [1.54, 1.807) is 6.21 Å². The maximum absolute atomic E-state index is 11.9. The molecule has 2 N–H and O–H groups in total. The number of carbonyl (C=O) groups excluding carboxylic acids is 1. The lowest BCUT2D eigenvalue weighted by atomic mass is 10.2. The van der Waals surface area contributed by atoms with Gasteiger partial charge in [0.05, 0.1) is 6.21 Å². The van der Waals surface area contributed by atoms with Gasteiger partial charge in [0, 0.05) is 24.0 Å². The van der Waals surface area contributed by atoms with Gasteiger partial charge in [-0.3, -0.25) is 4.79 Å². The zero-order chi connectivity index (χ0) is 18.4. The lowest BCUT2D eigenvalue weighted by Gasteiger charge is -2.19. The van der Waals surface area contributed by atoms with Gasteiger partial charge in [0.2, 0.25) is 0 Å². The highest BCUT2D eigenvalue weighted by atomic mass is 16.3. The predicted molar refractivity (Wildman–Crippen MR) is 104 cm³/mol. The maximum atomic E-state index is 11.9. The molecule has 0 spiro atoms. The number of anilines is 2. The van der Waals surface area contributed by atoms with Crippen LogP contribution < -0.4 is 10.3 Å². The number of benzene rings is 3. The van der Waals surface area contributed by atoms with Crippen LogP contribution in [-0.4, -0.2) is 24.3 Å². The van der Waals surface area contributed by atoms with Crippen molar-refractivity contribution in [3.63, 3.8) is 0 Å². The number of amides is 1. The fraction of sp³-hybridized carbons (Fsp3) is 0.0476. The van der Waals surface area contributed by atoms with E-state index in [1.165, 1.54) is 24.3 Å². The van der Waals surface area contributed by atoms with Crippen molar-refractivity contribution >= 4 is 23.5 Å². The van der Waals surface area contributed by atoms with Crippen LogP contribution in [0.4, 0.5) is 11.4 Å². The van der Waals surface area contributed by atoms with Crippen molar-refractivity contribution in [1.82, 2.24) is 5.43 Å². The van der Waals surface area contributed by atoms with Gasteiger partial charge in [-0.25, -0.2) is 5.43 Å². The molecule has 0 saturated carbocycles. The molecule has 26 heavy (non-hydrogen) atoms. The molecule has 0 bridgehead atoms. The lowest BCUT2D eigenvalue weighted by Crippen LogP contribution is -2.17. The van der Waals surface area contributed by atoms with E-state index in [1.807, 2.05) is 61.6 Å². The molecule has 0 aliphatic heterocycles. The molecule has 0 aromatic heterocycles. The standard InChI is InChI=1S/C21H19N3O2/c1-24(18-5-3-2-4-6-18)19-11-7-16(8-12-19)15-22-23-21(26)17-9-13-20(25)14-10-17/h2-15,25H,1H3,(H,23,26). The van der Waals surface area contributed by atoms with E-state index >= 15 is 0 Å². The van der Waals surface area contributed by atoms with Crippen molar-refractivity contribution in [2.24, 2.45) is 5.10 Å². The normalized spacial score (nSPS) is 10.7. The van der Waals surface area contributed by atoms with Crippen LogP contribution in [0, 0.1) is 0 Å². The third-order valence-electron chi connectivity index (χ3n) is 3.93. The molecule has 0 atom stereocenters. The largest absolute Gasteiger partial charge is 0.508 e. The number of nitrogens with zero attached hydrogens (tertiary/aromatic N) is 2. The summed E-state index contributed by atoms with van der Waals surface area (Å²) in [6.45, 7) is 0. The number of carbonyl (C=O) groups is 1. The molecular formula is C21H19N3O2. The summed E-state index contributed by atoms with van der Waals surface area (Å²) in [7, 11) is 2.01. The zero-order valence-corrected chi connectivity index (χ0v) is 14.3. The molecule has 130 valence electrons. The fourth-order valence-electron chi connectivity index (χ4n) is 2.43.